The molecule has 1 aliphatic rings. The highest BCUT2D eigenvalue weighted by atomic mass is 16.6. The van der Waals surface area contributed by atoms with Gasteiger partial charge in [-0.15, -0.1) is 0 Å². The van der Waals surface area contributed by atoms with E-state index in [4.69, 9.17) is 5.11 Å². The van der Waals surface area contributed by atoms with Gasteiger partial charge >= 0.3 is 5.97 Å². The van der Waals surface area contributed by atoms with Crippen molar-refractivity contribution in [3.8, 4) is 0 Å². The van der Waals surface area contributed by atoms with E-state index in [-0.39, 0.29) is 11.3 Å². The second-order valence-corrected chi connectivity index (χ2v) is 4.80. The van der Waals surface area contributed by atoms with Crippen LogP contribution in [0.5, 0.6) is 0 Å². The maximum Gasteiger partial charge on any atom is 0.335 e. The number of anilines is 2. The Labute approximate surface area is 120 Å². The first kappa shape index (κ1) is 13.1. The van der Waals surface area contributed by atoms with Crippen molar-refractivity contribution in [3.63, 3.8) is 0 Å². The van der Waals surface area contributed by atoms with Crippen molar-refractivity contribution in [1.29, 1.82) is 0 Å². The summed E-state index contributed by atoms with van der Waals surface area (Å²) in [5.74, 6) is -1.10. The summed E-state index contributed by atoms with van der Waals surface area (Å²) >= 11 is 0. The van der Waals surface area contributed by atoms with E-state index in [1.807, 2.05) is 24.3 Å². The Balaban J connectivity index is 2.15. The molecule has 0 unspecified atom stereocenters. The van der Waals surface area contributed by atoms with E-state index in [9.17, 15) is 14.9 Å². The van der Waals surface area contributed by atoms with E-state index in [0.29, 0.717) is 12.2 Å². The van der Waals surface area contributed by atoms with Crippen molar-refractivity contribution >= 4 is 23.0 Å². The first-order valence-corrected chi connectivity index (χ1v) is 6.45. The number of para-hydroxylation sites is 1. The Morgan fingerprint density at radius 1 is 1.19 bits per heavy atom. The van der Waals surface area contributed by atoms with Crippen molar-refractivity contribution in [1.82, 2.24) is 0 Å². The third-order valence-electron chi connectivity index (χ3n) is 3.60. The van der Waals surface area contributed by atoms with Crippen LogP contribution in [0.15, 0.2) is 42.5 Å². The largest absolute Gasteiger partial charge is 0.478 e. The Hall–Kier alpha value is -2.89. The Morgan fingerprint density at radius 2 is 1.95 bits per heavy atom. The number of aromatic carboxylic acids is 1. The first-order valence-electron chi connectivity index (χ1n) is 6.45. The lowest BCUT2D eigenvalue weighted by atomic mass is 10.1. The van der Waals surface area contributed by atoms with E-state index < -0.39 is 10.9 Å². The molecule has 0 saturated carbocycles. The lowest BCUT2D eigenvalue weighted by Gasteiger charge is -2.19. The molecule has 6 nitrogen and oxygen atoms in total. The molecular weight excluding hydrogens is 272 g/mol. The molecular formula is C15H12N2O4. The summed E-state index contributed by atoms with van der Waals surface area (Å²) in [7, 11) is 0. The lowest BCUT2D eigenvalue weighted by Crippen LogP contribution is -2.15. The molecule has 0 atom stereocenters. The molecule has 0 amide bonds. The molecule has 1 aliphatic heterocycles. The van der Waals surface area contributed by atoms with E-state index in [0.717, 1.165) is 17.7 Å². The molecule has 1 N–H and O–H groups in total. The number of fused-ring (bicyclic) bond motifs is 1. The number of carbonyl (C=O) groups is 1. The summed E-state index contributed by atoms with van der Waals surface area (Å²) in [5.41, 5.74) is 2.28. The van der Waals surface area contributed by atoms with Crippen LogP contribution in [-0.4, -0.2) is 22.5 Å². The van der Waals surface area contributed by atoms with Gasteiger partial charge in [0.1, 0.15) is 5.69 Å². The van der Waals surface area contributed by atoms with Crippen LogP contribution in [0.1, 0.15) is 15.9 Å². The van der Waals surface area contributed by atoms with E-state index in [2.05, 4.69) is 0 Å². The number of carboxylic acid groups (broad SMARTS) is 1. The van der Waals surface area contributed by atoms with Crippen molar-refractivity contribution in [2.75, 3.05) is 11.4 Å². The number of rotatable bonds is 3. The molecule has 21 heavy (non-hydrogen) atoms. The van der Waals surface area contributed by atoms with Gasteiger partial charge in [-0.1, -0.05) is 18.2 Å². The molecule has 3 rings (SSSR count). The molecule has 6 heteroatoms. The van der Waals surface area contributed by atoms with Gasteiger partial charge in [-0.3, -0.25) is 10.1 Å². The normalized spacial score (nSPS) is 13.0. The van der Waals surface area contributed by atoms with Crippen LogP contribution < -0.4 is 4.90 Å². The molecule has 0 fully saturated rings. The van der Waals surface area contributed by atoms with Gasteiger partial charge in [-0.25, -0.2) is 4.79 Å². The van der Waals surface area contributed by atoms with Crippen LogP contribution in [0.2, 0.25) is 0 Å². The summed E-state index contributed by atoms with van der Waals surface area (Å²) in [4.78, 5) is 23.6. The van der Waals surface area contributed by atoms with Crippen molar-refractivity contribution in [2.24, 2.45) is 0 Å². The van der Waals surface area contributed by atoms with Gasteiger partial charge in [0, 0.05) is 18.3 Å². The number of benzene rings is 2. The third-order valence-corrected chi connectivity index (χ3v) is 3.60. The second-order valence-electron chi connectivity index (χ2n) is 4.80. The Kier molecular flexibility index (Phi) is 3.06. The fourth-order valence-electron chi connectivity index (χ4n) is 2.62. The van der Waals surface area contributed by atoms with Gasteiger partial charge in [0.05, 0.1) is 10.5 Å². The molecule has 106 valence electrons. The average Bonchev–Trinajstić information content (AvgIpc) is 2.90. The van der Waals surface area contributed by atoms with Crippen LogP contribution in [0.3, 0.4) is 0 Å². The minimum atomic E-state index is -1.10. The number of nitro benzene ring substituents is 1. The topological polar surface area (TPSA) is 83.7 Å². The van der Waals surface area contributed by atoms with Crippen LogP contribution in [0.4, 0.5) is 17.1 Å². The van der Waals surface area contributed by atoms with Crippen molar-refractivity contribution in [2.45, 2.75) is 6.42 Å². The highest BCUT2D eigenvalue weighted by Gasteiger charge is 2.27. The van der Waals surface area contributed by atoms with Crippen LogP contribution >= 0.6 is 0 Å². The monoisotopic (exact) mass is 284 g/mol. The van der Waals surface area contributed by atoms with E-state index >= 15 is 0 Å². The quantitative estimate of drug-likeness (QED) is 0.692. The Morgan fingerprint density at radius 3 is 2.67 bits per heavy atom. The lowest BCUT2D eigenvalue weighted by molar-refractivity contribution is -0.384. The van der Waals surface area contributed by atoms with Gasteiger partial charge in [0.15, 0.2) is 0 Å². The molecule has 2 aromatic carbocycles. The molecule has 2 aromatic rings. The van der Waals surface area contributed by atoms with Crippen LogP contribution in [0.25, 0.3) is 0 Å². The highest BCUT2D eigenvalue weighted by Crippen LogP contribution is 2.39. The minimum absolute atomic E-state index is 0.0416. The maximum absolute atomic E-state index is 11.2. The SMILES string of the molecule is O=C(O)c1ccc([N+](=O)[O-])c(N2CCc3ccccc32)c1. The molecule has 0 bridgehead atoms. The standard InChI is InChI=1S/C15H12N2O4/c18-15(19)11-5-6-13(17(20)21)14(9-11)16-8-7-10-3-1-2-4-12(10)16/h1-6,9H,7-8H2,(H,18,19). The highest BCUT2D eigenvalue weighted by molar-refractivity contribution is 5.91. The smallest absolute Gasteiger partial charge is 0.335 e. The zero-order valence-electron chi connectivity index (χ0n) is 11.0. The number of carboxylic acids is 1. The minimum Gasteiger partial charge on any atom is -0.478 e. The van der Waals surface area contributed by atoms with E-state index in [1.54, 1.807) is 4.90 Å². The molecule has 0 aromatic heterocycles. The van der Waals surface area contributed by atoms with Crippen LogP contribution in [-0.2, 0) is 6.42 Å². The fourth-order valence-corrected chi connectivity index (χ4v) is 2.62. The number of nitro groups is 1. The molecule has 0 aliphatic carbocycles. The first-order chi connectivity index (χ1) is 10.1. The molecule has 0 radical (unpaired) electrons. The molecule has 0 spiro atoms. The van der Waals surface area contributed by atoms with Gasteiger partial charge in [0.2, 0.25) is 0 Å². The summed E-state index contributed by atoms with van der Waals surface area (Å²) in [6, 6.07) is 11.5. The van der Waals surface area contributed by atoms with Gasteiger partial charge in [-0.05, 0) is 30.2 Å². The zero-order chi connectivity index (χ0) is 15.0. The third kappa shape index (κ3) is 2.20. The number of nitrogens with zero attached hydrogens (tertiary/aromatic N) is 2. The van der Waals surface area contributed by atoms with Crippen molar-refractivity contribution in [3.05, 3.63) is 63.7 Å². The predicted octanol–water partition coefficient (Wildman–Crippen LogP) is 2.99. The van der Waals surface area contributed by atoms with Gasteiger partial charge in [0.25, 0.3) is 5.69 Å². The fraction of sp³-hybridized carbons (Fsp3) is 0.133. The second kappa shape index (κ2) is 4.90. The molecule has 1 heterocycles. The summed E-state index contributed by atoms with van der Waals surface area (Å²) in [6.07, 6.45) is 0.782. The maximum atomic E-state index is 11.2. The number of hydrogen-bond acceptors (Lipinski definition) is 4. The van der Waals surface area contributed by atoms with Crippen LogP contribution in [0, 0.1) is 10.1 Å². The van der Waals surface area contributed by atoms with Gasteiger partial charge in [-0.2, -0.15) is 0 Å². The van der Waals surface area contributed by atoms with Gasteiger partial charge < -0.3 is 10.0 Å². The van der Waals surface area contributed by atoms with E-state index in [1.165, 1.54) is 18.2 Å². The summed E-state index contributed by atoms with van der Waals surface area (Å²) in [6.45, 7) is 0.600. The predicted molar refractivity (Wildman–Crippen MR) is 77.2 cm³/mol. The average molecular weight is 284 g/mol. The Bertz CT molecular complexity index is 742. The zero-order valence-corrected chi connectivity index (χ0v) is 11.0. The number of hydrogen-bond donors (Lipinski definition) is 1. The summed E-state index contributed by atoms with van der Waals surface area (Å²) in [5, 5.41) is 20.3. The van der Waals surface area contributed by atoms with Crippen molar-refractivity contribution < 1.29 is 14.8 Å². The molecule has 0 saturated heterocycles. The summed E-state index contributed by atoms with van der Waals surface area (Å²) < 4.78 is 0.